The second-order valence-electron chi connectivity index (χ2n) is 4.79. The fourth-order valence-corrected chi connectivity index (χ4v) is 1.85. The van der Waals surface area contributed by atoms with Crippen LogP contribution in [0, 0.1) is 0 Å². The van der Waals surface area contributed by atoms with E-state index in [-0.39, 0.29) is 12.5 Å². The predicted molar refractivity (Wildman–Crippen MR) is 89.7 cm³/mol. The molecule has 0 spiro atoms. The molecule has 120 valence electrons. The van der Waals surface area contributed by atoms with Gasteiger partial charge in [-0.25, -0.2) is 5.43 Å². The highest BCUT2D eigenvalue weighted by Crippen LogP contribution is 2.25. The lowest BCUT2D eigenvalue weighted by Crippen LogP contribution is -2.25. The lowest BCUT2D eigenvalue weighted by atomic mass is 10.1. The van der Waals surface area contributed by atoms with Crippen LogP contribution in [0.25, 0.3) is 0 Å². The molecular formula is C17H19N3O3. The highest BCUT2D eigenvalue weighted by Gasteiger charge is 2.06. The maximum atomic E-state index is 11.8. The maximum absolute atomic E-state index is 11.8. The number of hydrogen-bond acceptors (Lipinski definition) is 5. The Balaban J connectivity index is 1.89. The zero-order valence-corrected chi connectivity index (χ0v) is 13.1. The standard InChI is InChI=1S/C17H19N3O3/c1-12(13-7-9-14(18)10-8-13)19-20-17(21)11-23-16-6-4-3-5-15(16)22-2/h3-10H,11,18H2,1-2H3,(H,20,21). The van der Waals surface area contributed by atoms with Crippen molar-refractivity contribution in [1.29, 1.82) is 0 Å². The quantitative estimate of drug-likeness (QED) is 0.486. The summed E-state index contributed by atoms with van der Waals surface area (Å²) in [6.07, 6.45) is 0. The molecule has 0 radical (unpaired) electrons. The van der Waals surface area contributed by atoms with Crippen molar-refractivity contribution in [3.63, 3.8) is 0 Å². The minimum absolute atomic E-state index is 0.154. The number of carbonyl (C=O) groups is 1. The van der Waals surface area contributed by atoms with Crippen molar-refractivity contribution in [1.82, 2.24) is 5.43 Å². The Labute approximate surface area is 134 Å². The van der Waals surface area contributed by atoms with Gasteiger partial charge in [-0.2, -0.15) is 5.10 Å². The number of carbonyl (C=O) groups excluding carboxylic acids is 1. The van der Waals surface area contributed by atoms with Crippen LogP contribution in [0.3, 0.4) is 0 Å². The van der Waals surface area contributed by atoms with E-state index in [0.29, 0.717) is 22.9 Å². The van der Waals surface area contributed by atoms with Gasteiger partial charge in [-0.1, -0.05) is 24.3 Å². The van der Waals surface area contributed by atoms with E-state index in [1.54, 1.807) is 44.4 Å². The average Bonchev–Trinajstić information content (AvgIpc) is 2.58. The summed E-state index contributed by atoms with van der Waals surface area (Å²) in [6, 6.07) is 14.4. The van der Waals surface area contributed by atoms with Gasteiger partial charge in [0.25, 0.3) is 5.91 Å². The van der Waals surface area contributed by atoms with E-state index < -0.39 is 0 Å². The molecule has 2 aromatic rings. The smallest absolute Gasteiger partial charge is 0.277 e. The summed E-state index contributed by atoms with van der Waals surface area (Å²) in [4.78, 5) is 11.8. The van der Waals surface area contributed by atoms with E-state index in [4.69, 9.17) is 15.2 Å². The Bertz CT molecular complexity index is 696. The highest BCUT2D eigenvalue weighted by molar-refractivity contribution is 5.99. The Hall–Kier alpha value is -3.02. The van der Waals surface area contributed by atoms with E-state index in [1.165, 1.54) is 0 Å². The number of nitrogens with zero attached hydrogens (tertiary/aromatic N) is 1. The van der Waals surface area contributed by atoms with Gasteiger partial charge in [0, 0.05) is 5.69 Å². The van der Waals surface area contributed by atoms with Crippen molar-refractivity contribution in [3.8, 4) is 11.5 Å². The fraction of sp³-hybridized carbons (Fsp3) is 0.176. The predicted octanol–water partition coefficient (Wildman–Crippen LogP) is 2.20. The summed E-state index contributed by atoms with van der Waals surface area (Å²) in [5.41, 5.74) is 10.3. The molecule has 0 unspecified atom stereocenters. The third kappa shape index (κ3) is 4.74. The van der Waals surface area contributed by atoms with E-state index in [1.807, 2.05) is 18.2 Å². The topological polar surface area (TPSA) is 85.9 Å². The number of benzene rings is 2. The Morgan fingerprint density at radius 1 is 1.13 bits per heavy atom. The van der Waals surface area contributed by atoms with Crippen molar-refractivity contribution in [2.75, 3.05) is 19.5 Å². The van der Waals surface area contributed by atoms with Gasteiger partial charge in [0.05, 0.1) is 12.8 Å². The number of amides is 1. The molecule has 1 amide bonds. The molecule has 6 nitrogen and oxygen atoms in total. The summed E-state index contributed by atoms with van der Waals surface area (Å²) in [5.74, 6) is 0.719. The van der Waals surface area contributed by atoms with Gasteiger partial charge in [0.2, 0.25) is 0 Å². The van der Waals surface area contributed by atoms with Crippen molar-refractivity contribution in [2.45, 2.75) is 6.92 Å². The summed E-state index contributed by atoms with van der Waals surface area (Å²) >= 11 is 0. The maximum Gasteiger partial charge on any atom is 0.277 e. The zero-order valence-electron chi connectivity index (χ0n) is 13.1. The molecule has 0 aliphatic heterocycles. The summed E-state index contributed by atoms with van der Waals surface area (Å²) in [5, 5.41) is 4.04. The highest BCUT2D eigenvalue weighted by atomic mass is 16.5. The van der Waals surface area contributed by atoms with E-state index >= 15 is 0 Å². The van der Waals surface area contributed by atoms with Crippen LogP contribution >= 0.6 is 0 Å². The molecule has 0 fully saturated rings. The van der Waals surface area contributed by atoms with Crippen molar-refractivity contribution >= 4 is 17.3 Å². The van der Waals surface area contributed by atoms with Crippen LogP contribution in [0.5, 0.6) is 11.5 Å². The average molecular weight is 313 g/mol. The lowest BCUT2D eigenvalue weighted by molar-refractivity contribution is -0.123. The number of hydrazone groups is 1. The first-order valence-corrected chi connectivity index (χ1v) is 7.05. The number of nitrogen functional groups attached to an aromatic ring is 1. The molecule has 6 heteroatoms. The summed E-state index contributed by atoms with van der Waals surface area (Å²) < 4.78 is 10.6. The number of ether oxygens (including phenoxy) is 2. The number of methoxy groups -OCH3 is 1. The second-order valence-corrected chi connectivity index (χ2v) is 4.79. The summed E-state index contributed by atoms with van der Waals surface area (Å²) in [6.45, 7) is 1.64. The van der Waals surface area contributed by atoms with E-state index in [2.05, 4.69) is 10.5 Å². The largest absolute Gasteiger partial charge is 0.493 e. The molecule has 0 aliphatic carbocycles. The van der Waals surface area contributed by atoms with Gasteiger partial charge in [0.15, 0.2) is 18.1 Å². The molecule has 0 saturated carbocycles. The Morgan fingerprint density at radius 3 is 2.43 bits per heavy atom. The first-order chi connectivity index (χ1) is 11.1. The lowest BCUT2D eigenvalue weighted by Gasteiger charge is -2.09. The molecule has 2 rings (SSSR count). The molecule has 3 N–H and O–H groups in total. The molecule has 0 aliphatic rings. The Morgan fingerprint density at radius 2 is 1.78 bits per heavy atom. The van der Waals surface area contributed by atoms with Gasteiger partial charge >= 0.3 is 0 Å². The van der Waals surface area contributed by atoms with Crippen LogP contribution in [-0.4, -0.2) is 25.3 Å². The number of rotatable bonds is 6. The number of para-hydroxylation sites is 2. The van der Waals surface area contributed by atoms with Crippen LogP contribution < -0.4 is 20.6 Å². The van der Waals surface area contributed by atoms with Gasteiger partial charge < -0.3 is 15.2 Å². The Kier molecular flexibility index (Phi) is 5.57. The molecule has 0 saturated heterocycles. The second kappa shape index (κ2) is 7.84. The van der Waals surface area contributed by atoms with Gasteiger partial charge in [-0.15, -0.1) is 0 Å². The number of nitrogens with two attached hydrogens (primary N) is 1. The molecule has 0 aromatic heterocycles. The van der Waals surface area contributed by atoms with E-state index in [0.717, 1.165) is 5.56 Å². The number of anilines is 1. The van der Waals surface area contributed by atoms with Crippen molar-refractivity contribution < 1.29 is 14.3 Å². The van der Waals surface area contributed by atoms with Gasteiger partial charge in [0.1, 0.15) is 0 Å². The van der Waals surface area contributed by atoms with Crippen molar-refractivity contribution in [2.24, 2.45) is 5.10 Å². The van der Waals surface area contributed by atoms with Crippen molar-refractivity contribution in [3.05, 3.63) is 54.1 Å². The molecule has 0 heterocycles. The molecule has 2 aromatic carbocycles. The first-order valence-electron chi connectivity index (χ1n) is 7.05. The number of hydrogen-bond donors (Lipinski definition) is 2. The normalized spacial score (nSPS) is 11.0. The molecular weight excluding hydrogens is 294 g/mol. The molecule has 23 heavy (non-hydrogen) atoms. The first kappa shape index (κ1) is 16.4. The zero-order chi connectivity index (χ0) is 16.7. The molecule has 0 atom stereocenters. The van der Waals surface area contributed by atoms with Crippen LogP contribution in [0.2, 0.25) is 0 Å². The minimum atomic E-state index is -0.356. The van der Waals surface area contributed by atoms with E-state index in [9.17, 15) is 4.79 Å². The van der Waals surface area contributed by atoms with Crippen LogP contribution in [0.4, 0.5) is 5.69 Å². The fourth-order valence-electron chi connectivity index (χ4n) is 1.85. The van der Waals surface area contributed by atoms with Gasteiger partial charge in [-0.3, -0.25) is 4.79 Å². The van der Waals surface area contributed by atoms with Crippen LogP contribution in [0.1, 0.15) is 12.5 Å². The van der Waals surface area contributed by atoms with Gasteiger partial charge in [-0.05, 0) is 36.8 Å². The third-order valence-corrected chi connectivity index (χ3v) is 3.10. The third-order valence-electron chi connectivity index (χ3n) is 3.10. The SMILES string of the molecule is COc1ccccc1OCC(=O)NN=C(C)c1ccc(N)cc1. The van der Waals surface area contributed by atoms with Crippen LogP contribution in [-0.2, 0) is 4.79 Å². The van der Waals surface area contributed by atoms with Crippen LogP contribution in [0.15, 0.2) is 53.6 Å². The minimum Gasteiger partial charge on any atom is -0.493 e. The number of nitrogens with one attached hydrogen (secondary N) is 1. The monoisotopic (exact) mass is 313 g/mol. The summed E-state index contributed by atoms with van der Waals surface area (Å²) in [7, 11) is 1.54. The molecule has 0 bridgehead atoms.